The lowest BCUT2D eigenvalue weighted by molar-refractivity contribution is 0.566. The smallest absolute Gasteiger partial charge is 0.160 e. The molecule has 0 aliphatic carbocycles. The van der Waals surface area contributed by atoms with Gasteiger partial charge in [-0.15, -0.1) is 0 Å². The molecular weight excluding hydrogens is 336 g/mol. The summed E-state index contributed by atoms with van der Waals surface area (Å²) >= 11 is 0. The number of halogens is 2. The third-order valence-corrected chi connectivity index (χ3v) is 4.27. The number of fused-ring (bicyclic) bond motifs is 1. The summed E-state index contributed by atoms with van der Waals surface area (Å²) in [5.74, 6) is 0.173. The summed E-state index contributed by atoms with van der Waals surface area (Å²) in [6, 6.07) is 10.9. The number of aromatic nitrogens is 4. The van der Waals surface area contributed by atoms with Crippen LogP contribution < -0.4 is 5.32 Å². The van der Waals surface area contributed by atoms with Gasteiger partial charge in [-0.3, -0.25) is 9.67 Å². The molecule has 2 N–H and O–H groups in total. The molecule has 132 valence electrons. The number of benzene rings is 1. The molecule has 0 saturated carbocycles. The highest BCUT2D eigenvalue weighted by molar-refractivity contribution is 5.79. The molecule has 0 spiro atoms. The zero-order valence-corrected chi connectivity index (χ0v) is 14.3. The van der Waals surface area contributed by atoms with Crippen LogP contribution >= 0.6 is 0 Å². The van der Waals surface area contributed by atoms with E-state index in [1.165, 1.54) is 12.1 Å². The van der Waals surface area contributed by atoms with E-state index in [1.54, 1.807) is 6.92 Å². The SMILES string of the molecule is Cc1cc(-n2ccc3ccc(N[C@@H](C)c4ccc(F)cc4F)nc32)n[nH]1. The molecule has 3 aromatic heterocycles. The molecule has 0 saturated heterocycles. The Hall–Kier alpha value is -3.22. The van der Waals surface area contributed by atoms with Gasteiger partial charge in [-0.2, -0.15) is 5.10 Å². The average Bonchev–Trinajstić information content (AvgIpc) is 3.20. The number of rotatable bonds is 4. The second-order valence-corrected chi connectivity index (χ2v) is 6.24. The van der Waals surface area contributed by atoms with Crippen molar-refractivity contribution in [1.29, 1.82) is 0 Å². The number of pyridine rings is 1. The quantitative estimate of drug-likeness (QED) is 0.568. The van der Waals surface area contributed by atoms with Gasteiger partial charge in [-0.05, 0) is 38.1 Å². The molecular formula is C19H17F2N5. The third-order valence-electron chi connectivity index (χ3n) is 4.27. The number of aromatic amines is 1. The summed E-state index contributed by atoms with van der Waals surface area (Å²) in [6.07, 6.45) is 1.90. The number of nitrogens with zero attached hydrogens (tertiary/aromatic N) is 3. The van der Waals surface area contributed by atoms with Crippen LogP contribution in [0.2, 0.25) is 0 Å². The largest absolute Gasteiger partial charge is 0.363 e. The highest BCUT2D eigenvalue weighted by Gasteiger charge is 2.14. The van der Waals surface area contributed by atoms with Crippen molar-refractivity contribution < 1.29 is 8.78 Å². The van der Waals surface area contributed by atoms with E-state index in [0.717, 1.165) is 28.6 Å². The second-order valence-electron chi connectivity index (χ2n) is 6.24. The highest BCUT2D eigenvalue weighted by atomic mass is 19.1. The van der Waals surface area contributed by atoms with Crippen molar-refractivity contribution in [3.05, 3.63) is 71.6 Å². The van der Waals surface area contributed by atoms with Crippen molar-refractivity contribution in [2.45, 2.75) is 19.9 Å². The Morgan fingerprint density at radius 2 is 1.96 bits per heavy atom. The molecule has 0 aliphatic rings. The maximum atomic E-state index is 14.0. The van der Waals surface area contributed by atoms with Gasteiger partial charge < -0.3 is 5.32 Å². The van der Waals surface area contributed by atoms with Gasteiger partial charge in [0.1, 0.15) is 23.1 Å². The van der Waals surface area contributed by atoms with Gasteiger partial charge in [0.2, 0.25) is 0 Å². The number of hydrogen-bond acceptors (Lipinski definition) is 3. The van der Waals surface area contributed by atoms with E-state index in [0.29, 0.717) is 11.4 Å². The summed E-state index contributed by atoms with van der Waals surface area (Å²) in [4.78, 5) is 4.63. The fourth-order valence-electron chi connectivity index (χ4n) is 2.95. The van der Waals surface area contributed by atoms with Crippen LogP contribution in [0.3, 0.4) is 0 Å². The Kier molecular flexibility index (Phi) is 3.91. The monoisotopic (exact) mass is 353 g/mol. The molecule has 0 fully saturated rings. The van der Waals surface area contributed by atoms with Gasteiger partial charge >= 0.3 is 0 Å². The summed E-state index contributed by atoms with van der Waals surface area (Å²) in [6.45, 7) is 3.74. The predicted molar refractivity (Wildman–Crippen MR) is 96.3 cm³/mol. The molecule has 0 bridgehead atoms. The third kappa shape index (κ3) is 2.92. The first-order valence-corrected chi connectivity index (χ1v) is 8.23. The van der Waals surface area contributed by atoms with Crippen LogP contribution in [0.25, 0.3) is 16.9 Å². The van der Waals surface area contributed by atoms with Gasteiger partial charge in [0.15, 0.2) is 5.82 Å². The van der Waals surface area contributed by atoms with Crippen molar-refractivity contribution in [3.8, 4) is 5.82 Å². The van der Waals surface area contributed by atoms with Gasteiger partial charge in [0.25, 0.3) is 0 Å². The van der Waals surface area contributed by atoms with Crippen molar-refractivity contribution >= 4 is 16.9 Å². The maximum Gasteiger partial charge on any atom is 0.160 e. The summed E-state index contributed by atoms with van der Waals surface area (Å²) < 4.78 is 29.0. The molecule has 3 heterocycles. The van der Waals surface area contributed by atoms with Gasteiger partial charge in [-0.25, -0.2) is 13.8 Å². The zero-order chi connectivity index (χ0) is 18.3. The lowest BCUT2D eigenvalue weighted by atomic mass is 10.1. The molecule has 1 aromatic carbocycles. The van der Waals surface area contributed by atoms with E-state index in [-0.39, 0.29) is 6.04 Å². The van der Waals surface area contributed by atoms with Gasteiger partial charge in [-0.1, -0.05) is 6.07 Å². The summed E-state index contributed by atoms with van der Waals surface area (Å²) in [7, 11) is 0. The first-order chi connectivity index (χ1) is 12.5. The number of hydrogen-bond donors (Lipinski definition) is 2. The van der Waals surface area contributed by atoms with E-state index < -0.39 is 11.6 Å². The Morgan fingerprint density at radius 1 is 1.12 bits per heavy atom. The van der Waals surface area contributed by atoms with Crippen molar-refractivity contribution in [1.82, 2.24) is 19.7 Å². The molecule has 7 heteroatoms. The number of nitrogens with one attached hydrogen (secondary N) is 2. The fourth-order valence-corrected chi connectivity index (χ4v) is 2.95. The minimum atomic E-state index is -0.592. The number of aryl methyl sites for hydroxylation is 1. The van der Waals surface area contributed by atoms with E-state index >= 15 is 0 Å². The van der Waals surface area contributed by atoms with Gasteiger partial charge in [0.05, 0.1) is 6.04 Å². The molecule has 4 aromatic rings. The Balaban J connectivity index is 1.66. The van der Waals surface area contributed by atoms with Crippen LogP contribution in [-0.4, -0.2) is 19.7 Å². The van der Waals surface area contributed by atoms with Crippen LogP contribution in [-0.2, 0) is 0 Å². The minimum absolute atomic E-state index is 0.364. The predicted octanol–water partition coefficient (Wildman–Crippen LogP) is 4.51. The normalized spacial score (nSPS) is 12.5. The maximum absolute atomic E-state index is 14.0. The standard InChI is InChI=1S/C19H17F2N5/c1-11-9-18(25-24-11)26-8-7-13-3-6-17(23-19(13)26)22-12(2)15-5-4-14(20)10-16(15)21/h3-10,12H,1-2H3,(H,22,23)(H,24,25)/t12-/m0/s1. The summed E-state index contributed by atoms with van der Waals surface area (Å²) in [5.41, 5.74) is 2.08. The van der Waals surface area contributed by atoms with E-state index in [1.807, 2.05) is 42.0 Å². The first-order valence-electron chi connectivity index (χ1n) is 8.23. The van der Waals surface area contributed by atoms with Crippen molar-refractivity contribution in [3.63, 3.8) is 0 Å². The lowest BCUT2D eigenvalue weighted by Crippen LogP contribution is -2.10. The zero-order valence-electron chi connectivity index (χ0n) is 14.3. The van der Waals surface area contributed by atoms with E-state index in [2.05, 4.69) is 20.5 Å². The topological polar surface area (TPSA) is 58.5 Å². The molecule has 26 heavy (non-hydrogen) atoms. The summed E-state index contributed by atoms with van der Waals surface area (Å²) in [5, 5.41) is 11.3. The Labute approximate surface area is 148 Å². The van der Waals surface area contributed by atoms with Crippen LogP contribution in [0, 0.1) is 18.6 Å². The fraction of sp³-hybridized carbons (Fsp3) is 0.158. The lowest BCUT2D eigenvalue weighted by Gasteiger charge is -2.16. The van der Waals surface area contributed by atoms with Crippen molar-refractivity contribution in [2.24, 2.45) is 0 Å². The molecule has 0 unspecified atom stereocenters. The van der Waals surface area contributed by atoms with Crippen LogP contribution in [0.4, 0.5) is 14.6 Å². The number of H-pyrrole nitrogens is 1. The van der Waals surface area contributed by atoms with Crippen LogP contribution in [0.15, 0.2) is 48.7 Å². The molecule has 1 atom stereocenters. The van der Waals surface area contributed by atoms with E-state index in [4.69, 9.17) is 0 Å². The highest BCUT2D eigenvalue weighted by Crippen LogP contribution is 2.24. The Bertz CT molecular complexity index is 1080. The molecule has 0 aliphatic heterocycles. The first kappa shape index (κ1) is 16.3. The van der Waals surface area contributed by atoms with Crippen LogP contribution in [0.1, 0.15) is 24.2 Å². The number of anilines is 1. The molecule has 0 amide bonds. The second kappa shape index (κ2) is 6.25. The van der Waals surface area contributed by atoms with E-state index in [9.17, 15) is 8.78 Å². The Morgan fingerprint density at radius 3 is 2.69 bits per heavy atom. The molecule has 4 rings (SSSR count). The van der Waals surface area contributed by atoms with Gasteiger partial charge in [0, 0.05) is 35.0 Å². The molecule has 5 nitrogen and oxygen atoms in total. The van der Waals surface area contributed by atoms with Crippen molar-refractivity contribution in [2.75, 3.05) is 5.32 Å². The average molecular weight is 353 g/mol. The molecule has 0 radical (unpaired) electrons. The minimum Gasteiger partial charge on any atom is -0.363 e. The van der Waals surface area contributed by atoms with Crippen LogP contribution in [0.5, 0.6) is 0 Å².